The van der Waals surface area contributed by atoms with Gasteiger partial charge < -0.3 is 9.64 Å². The van der Waals surface area contributed by atoms with Crippen molar-refractivity contribution >= 4 is 18.1 Å². The number of fused-ring (bicyclic) bond motifs is 1. The van der Waals surface area contributed by atoms with Gasteiger partial charge in [0, 0.05) is 38.4 Å². The van der Waals surface area contributed by atoms with Gasteiger partial charge in [-0.3, -0.25) is 4.90 Å². The highest BCUT2D eigenvalue weighted by Gasteiger charge is 2.17. The fourth-order valence-electron chi connectivity index (χ4n) is 2.93. The first kappa shape index (κ1) is 14.6. The first-order valence-corrected chi connectivity index (χ1v) is 7.06. The Morgan fingerprint density at radius 2 is 1.79 bits per heavy atom. The lowest BCUT2D eigenvalue weighted by atomic mass is 10.0. The van der Waals surface area contributed by atoms with Crippen LogP contribution in [0, 0.1) is 0 Å². The van der Waals surface area contributed by atoms with Gasteiger partial charge >= 0.3 is 0 Å². The monoisotopic (exact) mass is 282 g/mol. The van der Waals surface area contributed by atoms with E-state index < -0.39 is 0 Å². The maximum absolute atomic E-state index is 5.39. The van der Waals surface area contributed by atoms with Gasteiger partial charge in [0.15, 0.2) is 0 Å². The van der Waals surface area contributed by atoms with Crippen LogP contribution < -0.4 is 4.90 Å². The molecule has 0 atom stereocenters. The van der Waals surface area contributed by atoms with Gasteiger partial charge in [-0.25, -0.2) is 0 Å². The highest BCUT2D eigenvalue weighted by Crippen LogP contribution is 2.26. The summed E-state index contributed by atoms with van der Waals surface area (Å²) in [5.41, 5.74) is 2.97. The summed E-state index contributed by atoms with van der Waals surface area (Å²) in [5.74, 6) is 0. The molecule has 0 aromatic heterocycles. The molecule has 19 heavy (non-hydrogen) atoms. The minimum Gasteiger partial charge on any atom is -0.379 e. The van der Waals surface area contributed by atoms with E-state index in [-0.39, 0.29) is 12.4 Å². The van der Waals surface area contributed by atoms with E-state index in [1.165, 1.54) is 30.6 Å². The van der Waals surface area contributed by atoms with Crippen molar-refractivity contribution in [3.8, 4) is 0 Å². The standard InChI is InChI=1S/C15H22N2O.ClH/c1-2-6-15-14(4-1)5-3-7-17(15)9-8-16-10-12-18-13-11-16;/h1-2,4,6H,3,5,7-13H2;1H. The Balaban J connectivity index is 0.00000133. The van der Waals surface area contributed by atoms with Crippen LogP contribution in [0.15, 0.2) is 24.3 Å². The third-order valence-electron chi connectivity index (χ3n) is 4.00. The summed E-state index contributed by atoms with van der Waals surface area (Å²) in [4.78, 5) is 5.06. The van der Waals surface area contributed by atoms with E-state index in [1.54, 1.807) is 0 Å². The Bertz CT molecular complexity index is 393. The van der Waals surface area contributed by atoms with Crippen LogP contribution in [0.2, 0.25) is 0 Å². The second-order valence-electron chi connectivity index (χ2n) is 5.17. The molecule has 0 radical (unpaired) electrons. The number of rotatable bonds is 3. The zero-order valence-electron chi connectivity index (χ0n) is 11.4. The van der Waals surface area contributed by atoms with Crippen molar-refractivity contribution in [3.63, 3.8) is 0 Å². The van der Waals surface area contributed by atoms with Gasteiger partial charge in [-0.2, -0.15) is 0 Å². The average Bonchev–Trinajstić information content (AvgIpc) is 2.46. The van der Waals surface area contributed by atoms with E-state index in [2.05, 4.69) is 34.1 Å². The average molecular weight is 283 g/mol. The lowest BCUT2D eigenvalue weighted by Crippen LogP contribution is -2.42. The molecule has 1 fully saturated rings. The van der Waals surface area contributed by atoms with Gasteiger partial charge in [-0.15, -0.1) is 12.4 Å². The minimum absolute atomic E-state index is 0. The second kappa shape index (κ2) is 7.13. The van der Waals surface area contributed by atoms with Crippen LogP contribution in [0.4, 0.5) is 5.69 Å². The maximum Gasteiger partial charge on any atom is 0.0594 e. The van der Waals surface area contributed by atoms with Crippen molar-refractivity contribution < 1.29 is 4.74 Å². The summed E-state index contributed by atoms with van der Waals surface area (Å²) in [6.07, 6.45) is 2.53. The zero-order chi connectivity index (χ0) is 12.2. The first-order valence-electron chi connectivity index (χ1n) is 7.06. The number of ether oxygens (including phenoxy) is 1. The van der Waals surface area contributed by atoms with Gasteiger partial charge in [-0.1, -0.05) is 18.2 Å². The molecule has 1 aromatic rings. The Hall–Kier alpha value is -0.770. The molecule has 0 unspecified atom stereocenters. The van der Waals surface area contributed by atoms with Crippen LogP contribution in [0.25, 0.3) is 0 Å². The molecule has 106 valence electrons. The quantitative estimate of drug-likeness (QED) is 0.845. The number of halogens is 1. The van der Waals surface area contributed by atoms with E-state index in [4.69, 9.17) is 4.74 Å². The third kappa shape index (κ3) is 3.62. The molecular formula is C15H23ClN2O. The van der Waals surface area contributed by atoms with Crippen molar-refractivity contribution in [1.82, 2.24) is 4.90 Å². The zero-order valence-corrected chi connectivity index (χ0v) is 12.2. The number of aryl methyl sites for hydroxylation is 1. The topological polar surface area (TPSA) is 15.7 Å². The van der Waals surface area contributed by atoms with Crippen molar-refractivity contribution in [2.45, 2.75) is 12.8 Å². The smallest absolute Gasteiger partial charge is 0.0594 e. The van der Waals surface area contributed by atoms with Crippen molar-refractivity contribution in [3.05, 3.63) is 29.8 Å². The Morgan fingerprint density at radius 3 is 2.63 bits per heavy atom. The van der Waals surface area contributed by atoms with Crippen LogP contribution in [0.5, 0.6) is 0 Å². The summed E-state index contributed by atoms with van der Waals surface area (Å²) < 4.78 is 5.39. The van der Waals surface area contributed by atoms with E-state index in [0.717, 1.165) is 39.4 Å². The fraction of sp³-hybridized carbons (Fsp3) is 0.600. The molecule has 3 nitrogen and oxygen atoms in total. The molecule has 0 amide bonds. The molecule has 1 saturated heterocycles. The normalized spacial score (nSPS) is 19.7. The third-order valence-corrected chi connectivity index (χ3v) is 4.00. The van der Waals surface area contributed by atoms with Crippen molar-refractivity contribution in [1.29, 1.82) is 0 Å². The number of anilines is 1. The lowest BCUT2D eigenvalue weighted by molar-refractivity contribution is 0.0391. The largest absolute Gasteiger partial charge is 0.379 e. The second-order valence-corrected chi connectivity index (χ2v) is 5.17. The molecule has 0 aliphatic carbocycles. The summed E-state index contributed by atoms with van der Waals surface area (Å²) >= 11 is 0. The molecule has 3 rings (SSSR count). The molecule has 0 spiro atoms. The van der Waals surface area contributed by atoms with Gasteiger partial charge in [-0.05, 0) is 24.5 Å². The van der Waals surface area contributed by atoms with E-state index >= 15 is 0 Å². The maximum atomic E-state index is 5.39. The molecular weight excluding hydrogens is 260 g/mol. The molecule has 4 heteroatoms. The predicted octanol–water partition coefficient (Wildman–Crippen LogP) is 2.19. The first-order chi connectivity index (χ1) is 8.93. The van der Waals surface area contributed by atoms with Gasteiger partial charge in [0.2, 0.25) is 0 Å². The summed E-state index contributed by atoms with van der Waals surface area (Å²) in [6, 6.07) is 8.86. The summed E-state index contributed by atoms with van der Waals surface area (Å²) in [6.45, 7) is 7.51. The van der Waals surface area contributed by atoms with Crippen molar-refractivity contribution in [2.75, 3.05) is 50.8 Å². The minimum atomic E-state index is 0. The molecule has 0 N–H and O–H groups in total. The Morgan fingerprint density at radius 1 is 1.00 bits per heavy atom. The number of morpholine rings is 1. The van der Waals surface area contributed by atoms with Crippen LogP contribution in [-0.4, -0.2) is 50.8 Å². The Labute approximate surface area is 121 Å². The van der Waals surface area contributed by atoms with E-state index in [0.29, 0.717) is 0 Å². The van der Waals surface area contributed by atoms with Gasteiger partial charge in [0.05, 0.1) is 13.2 Å². The van der Waals surface area contributed by atoms with Crippen LogP contribution in [-0.2, 0) is 11.2 Å². The molecule has 2 heterocycles. The van der Waals surface area contributed by atoms with Crippen LogP contribution in [0.3, 0.4) is 0 Å². The van der Waals surface area contributed by atoms with E-state index in [9.17, 15) is 0 Å². The number of hydrogen-bond donors (Lipinski definition) is 0. The lowest BCUT2D eigenvalue weighted by Gasteiger charge is -2.34. The number of para-hydroxylation sites is 1. The molecule has 1 aromatic carbocycles. The summed E-state index contributed by atoms with van der Waals surface area (Å²) in [7, 11) is 0. The Kier molecular flexibility index (Phi) is 5.49. The van der Waals surface area contributed by atoms with Crippen LogP contribution >= 0.6 is 12.4 Å². The number of hydrogen-bond acceptors (Lipinski definition) is 3. The number of nitrogens with zero attached hydrogens (tertiary/aromatic N) is 2. The van der Waals surface area contributed by atoms with E-state index in [1.807, 2.05) is 0 Å². The molecule has 2 aliphatic heterocycles. The summed E-state index contributed by atoms with van der Waals surface area (Å²) in [5, 5.41) is 0. The highest BCUT2D eigenvalue weighted by molar-refractivity contribution is 5.85. The highest BCUT2D eigenvalue weighted by atomic mass is 35.5. The van der Waals surface area contributed by atoms with Gasteiger partial charge in [0.1, 0.15) is 0 Å². The molecule has 0 bridgehead atoms. The number of benzene rings is 1. The fourth-order valence-corrected chi connectivity index (χ4v) is 2.93. The van der Waals surface area contributed by atoms with Gasteiger partial charge in [0.25, 0.3) is 0 Å². The predicted molar refractivity (Wildman–Crippen MR) is 81.5 cm³/mol. The molecule has 0 saturated carbocycles. The van der Waals surface area contributed by atoms with Crippen LogP contribution in [0.1, 0.15) is 12.0 Å². The van der Waals surface area contributed by atoms with Crippen molar-refractivity contribution in [2.24, 2.45) is 0 Å². The molecule has 2 aliphatic rings. The SMILES string of the molecule is Cl.c1ccc2c(c1)CCCN2CCN1CCOCC1.